The smallest absolute Gasteiger partial charge is 0.0310 e. The first-order chi connectivity index (χ1) is 7.13. The van der Waals surface area contributed by atoms with Crippen LogP contribution in [-0.2, 0) is 0 Å². The van der Waals surface area contributed by atoms with Gasteiger partial charge in [-0.15, -0.1) is 0 Å². The lowest BCUT2D eigenvalue weighted by molar-refractivity contribution is 1.08. The van der Waals surface area contributed by atoms with Gasteiger partial charge in [0.15, 0.2) is 0 Å². The van der Waals surface area contributed by atoms with Crippen LogP contribution in [0, 0.1) is 0 Å². The van der Waals surface area contributed by atoms with Crippen LogP contribution in [0.3, 0.4) is 0 Å². The Morgan fingerprint density at radius 3 is 2.40 bits per heavy atom. The molecule has 15 heavy (non-hydrogen) atoms. The maximum atomic E-state index is 4.08. The Morgan fingerprint density at radius 2 is 1.93 bits per heavy atom. The molecule has 0 aliphatic rings. The molecule has 0 fully saturated rings. The topological polar surface area (TPSA) is 12.4 Å². The minimum Gasteiger partial charge on any atom is -0.293 e. The van der Waals surface area contributed by atoms with Gasteiger partial charge in [0.1, 0.15) is 0 Å². The second kappa shape index (κ2) is 8.22. The highest BCUT2D eigenvalue weighted by molar-refractivity contribution is 5.92. The van der Waals surface area contributed by atoms with E-state index in [1.807, 2.05) is 14.0 Å². The van der Waals surface area contributed by atoms with Gasteiger partial charge in [0.05, 0.1) is 0 Å². The third-order valence-electron chi connectivity index (χ3n) is 2.43. The molecule has 0 saturated heterocycles. The average Bonchev–Trinajstić information content (AvgIpc) is 2.26. The van der Waals surface area contributed by atoms with Gasteiger partial charge in [-0.3, -0.25) is 4.99 Å². The van der Waals surface area contributed by atoms with E-state index in [0.29, 0.717) is 0 Å². The summed E-state index contributed by atoms with van der Waals surface area (Å²) in [6.45, 7) is 8.46. The first-order valence-corrected chi connectivity index (χ1v) is 5.56. The van der Waals surface area contributed by atoms with Crippen molar-refractivity contribution in [3.63, 3.8) is 0 Å². The van der Waals surface area contributed by atoms with Crippen LogP contribution in [0.25, 0.3) is 0 Å². The van der Waals surface area contributed by atoms with Gasteiger partial charge >= 0.3 is 0 Å². The molecule has 0 radical (unpaired) electrons. The van der Waals surface area contributed by atoms with Crippen LogP contribution >= 0.6 is 0 Å². The second-order valence-electron chi connectivity index (χ2n) is 3.68. The van der Waals surface area contributed by atoms with Crippen molar-refractivity contribution < 1.29 is 0 Å². The predicted octanol–water partition coefficient (Wildman–Crippen LogP) is 4.33. The van der Waals surface area contributed by atoms with Crippen molar-refractivity contribution in [1.82, 2.24) is 0 Å². The highest BCUT2D eigenvalue weighted by Gasteiger charge is 1.90. The zero-order chi connectivity index (χ0) is 11.7. The molecule has 0 aliphatic carbocycles. The van der Waals surface area contributed by atoms with Crippen molar-refractivity contribution >= 4 is 5.71 Å². The zero-order valence-electron chi connectivity index (χ0n) is 10.7. The lowest BCUT2D eigenvalue weighted by atomic mass is 10.1. The normalized spacial score (nSPS) is 15.1. The van der Waals surface area contributed by atoms with Crippen LogP contribution in [0.4, 0.5) is 0 Å². The molecule has 0 amide bonds. The van der Waals surface area contributed by atoms with Crippen LogP contribution in [0.1, 0.15) is 40.5 Å². The molecule has 0 unspecified atom stereocenters. The molecule has 0 atom stereocenters. The van der Waals surface area contributed by atoms with Crippen LogP contribution in [-0.4, -0.2) is 12.8 Å². The van der Waals surface area contributed by atoms with Gasteiger partial charge < -0.3 is 0 Å². The fourth-order valence-corrected chi connectivity index (χ4v) is 1.12. The number of hydrogen-bond acceptors (Lipinski definition) is 1. The molecule has 0 aromatic heterocycles. The first-order valence-electron chi connectivity index (χ1n) is 5.56. The molecular formula is C14H23N. The lowest BCUT2D eigenvalue weighted by Gasteiger charge is -1.99. The van der Waals surface area contributed by atoms with Gasteiger partial charge in [-0.1, -0.05) is 30.7 Å². The van der Waals surface area contributed by atoms with Crippen molar-refractivity contribution in [2.75, 3.05) is 7.05 Å². The SMILES string of the molecule is C/C=C(\C=C(/C)CC)C/C=C\C(C)=NC. The van der Waals surface area contributed by atoms with Gasteiger partial charge in [-0.25, -0.2) is 0 Å². The largest absolute Gasteiger partial charge is 0.293 e. The third-order valence-corrected chi connectivity index (χ3v) is 2.43. The number of nitrogens with zero attached hydrogens (tertiary/aromatic N) is 1. The van der Waals surface area contributed by atoms with Crippen LogP contribution in [0.15, 0.2) is 40.4 Å². The molecule has 0 heterocycles. The van der Waals surface area contributed by atoms with Crippen molar-refractivity contribution in [2.24, 2.45) is 4.99 Å². The minimum absolute atomic E-state index is 0.987. The summed E-state index contributed by atoms with van der Waals surface area (Å²) in [6, 6.07) is 0. The molecule has 1 heteroatoms. The molecule has 0 aliphatic heterocycles. The zero-order valence-corrected chi connectivity index (χ0v) is 10.7. The number of aliphatic imine (C=N–C) groups is 1. The Balaban J connectivity index is 4.32. The van der Waals surface area contributed by atoms with Crippen molar-refractivity contribution in [1.29, 1.82) is 0 Å². The van der Waals surface area contributed by atoms with E-state index in [1.54, 1.807) is 0 Å². The van der Waals surface area contributed by atoms with E-state index in [1.165, 1.54) is 11.1 Å². The molecule has 0 aromatic carbocycles. The van der Waals surface area contributed by atoms with E-state index < -0.39 is 0 Å². The minimum atomic E-state index is 0.987. The summed E-state index contributed by atoms with van der Waals surface area (Å²) in [5.74, 6) is 0. The molecule has 1 nitrogen and oxygen atoms in total. The Hall–Kier alpha value is -1.11. The van der Waals surface area contributed by atoms with Gasteiger partial charge in [0.25, 0.3) is 0 Å². The van der Waals surface area contributed by atoms with E-state index in [0.717, 1.165) is 18.6 Å². The molecule has 0 N–H and O–H groups in total. The quantitative estimate of drug-likeness (QED) is 0.468. The number of allylic oxidation sites excluding steroid dienone is 6. The Kier molecular flexibility index (Phi) is 7.61. The maximum Gasteiger partial charge on any atom is 0.0310 e. The second-order valence-corrected chi connectivity index (χ2v) is 3.68. The van der Waals surface area contributed by atoms with Crippen molar-refractivity contribution in [2.45, 2.75) is 40.5 Å². The van der Waals surface area contributed by atoms with Gasteiger partial charge in [-0.05, 0) is 45.3 Å². The van der Waals surface area contributed by atoms with Crippen LogP contribution < -0.4 is 0 Å². The van der Waals surface area contributed by atoms with Gasteiger partial charge in [0, 0.05) is 12.8 Å². The van der Waals surface area contributed by atoms with E-state index >= 15 is 0 Å². The summed E-state index contributed by atoms with van der Waals surface area (Å²) >= 11 is 0. The number of rotatable bonds is 5. The maximum absolute atomic E-state index is 4.08. The Labute approximate surface area is 94.3 Å². The molecular weight excluding hydrogens is 182 g/mol. The fourth-order valence-electron chi connectivity index (χ4n) is 1.12. The summed E-state index contributed by atoms with van der Waals surface area (Å²) in [5.41, 5.74) is 3.87. The number of hydrogen-bond donors (Lipinski definition) is 0. The molecule has 0 rings (SSSR count). The summed E-state index contributed by atoms with van der Waals surface area (Å²) in [4.78, 5) is 4.08. The van der Waals surface area contributed by atoms with Crippen LogP contribution in [0.2, 0.25) is 0 Å². The first kappa shape index (κ1) is 13.9. The third kappa shape index (κ3) is 6.89. The summed E-state index contributed by atoms with van der Waals surface area (Å²) in [5, 5.41) is 0. The summed E-state index contributed by atoms with van der Waals surface area (Å²) < 4.78 is 0. The molecule has 0 saturated carbocycles. The predicted molar refractivity (Wildman–Crippen MR) is 70.6 cm³/mol. The lowest BCUT2D eigenvalue weighted by Crippen LogP contribution is -1.84. The molecule has 0 spiro atoms. The molecule has 84 valence electrons. The van der Waals surface area contributed by atoms with E-state index in [4.69, 9.17) is 0 Å². The van der Waals surface area contributed by atoms with Crippen LogP contribution in [0.5, 0.6) is 0 Å². The summed E-state index contributed by atoms with van der Waals surface area (Å²) in [7, 11) is 1.82. The van der Waals surface area contributed by atoms with E-state index in [2.05, 4.69) is 50.1 Å². The van der Waals surface area contributed by atoms with Crippen molar-refractivity contribution in [3.05, 3.63) is 35.5 Å². The van der Waals surface area contributed by atoms with Gasteiger partial charge in [-0.2, -0.15) is 0 Å². The Bertz CT molecular complexity index is 290. The highest BCUT2D eigenvalue weighted by Crippen LogP contribution is 2.10. The van der Waals surface area contributed by atoms with E-state index in [9.17, 15) is 0 Å². The van der Waals surface area contributed by atoms with Crippen molar-refractivity contribution in [3.8, 4) is 0 Å². The van der Waals surface area contributed by atoms with Gasteiger partial charge in [0.2, 0.25) is 0 Å². The Morgan fingerprint density at radius 1 is 1.27 bits per heavy atom. The standard InChI is InChI=1S/C14H23N/c1-6-12(3)11-14(7-2)10-8-9-13(4)15-5/h7-9,11H,6,10H2,1-5H3/b9-8-,12-11+,14-7-,15-13?. The highest BCUT2D eigenvalue weighted by atomic mass is 14.7. The van der Waals surface area contributed by atoms with E-state index in [-0.39, 0.29) is 0 Å². The monoisotopic (exact) mass is 205 g/mol. The average molecular weight is 205 g/mol. The summed E-state index contributed by atoms with van der Waals surface area (Å²) in [6.07, 6.45) is 10.8. The fraction of sp³-hybridized carbons (Fsp3) is 0.500. The molecule has 0 bridgehead atoms. The molecule has 0 aromatic rings.